The van der Waals surface area contributed by atoms with E-state index in [0.29, 0.717) is 19.0 Å². The fourth-order valence-corrected chi connectivity index (χ4v) is 2.32. The summed E-state index contributed by atoms with van der Waals surface area (Å²) >= 11 is 0. The molecular weight excluding hydrogens is 422 g/mol. The molecule has 5 nitrogen and oxygen atoms in total. The minimum Gasteiger partial charge on any atom is -0.361 e. The monoisotopic (exact) mass is 446 g/mol. The van der Waals surface area contributed by atoms with Crippen LogP contribution in [0.4, 0.5) is 4.39 Å². The first-order chi connectivity index (χ1) is 11.2. The molecule has 0 saturated carbocycles. The van der Waals surface area contributed by atoms with E-state index in [4.69, 9.17) is 4.52 Å². The van der Waals surface area contributed by atoms with Gasteiger partial charge in [0.05, 0.1) is 5.69 Å². The van der Waals surface area contributed by atoms with Gasteiger partial charge in [0.15, 0.2) is 5.96 Å². The number of hydrogen-bond acceptors (Lipinski definition) is 3. The summed E-state index contributed by atoms with van der Waals surface area (Å²) in [5, 5.41) is 10.6. The Morgan fingerprint density at radius 1 is 1.12 bits per heavy atom. The fraction of sp³-hybridized carbons (Fsp3) is 0.412. The largest absolute Gasteiger partial charge is 0.361 e. The van der Waals surface area contributed by atoms with Crippen molar-refractivity contribution >= 4 is 29.9 Å². The molecule has 24 heavy (non-hydrogen) atoms. The average Bonchev–Trinajstić information content (AvgIpc) is 2.98. The van der Waals surface area contributed by atoms with Crippen molar-refractivity contribution in [2.24, 2.45) is 4.99 Å². The highest BCUT2D eigenvalue weighted by Crippen LogP contribution is 2.15. The van der Waals surface area contributed by atoms with Gasteiger partial charge in [-0.25, -0.2) is 4.39 Å². The van der Waals surface area contributed by atoms with E-state index in [9.17, 15) is 4.39 Å². The first kappa shape index (κ1) is 20.4. The number of nitrogens with zero attached hydrogens (tertiary/aromatic N) is 2. The normalized spacial score (nSPS) is 11.1. The SMILES string of the molecule is CCc1noc(CC)c1CNC(=NC)NCc1ccc(F)cc1.I. The van der Waals surface area contributed by atoms with Crippen molar-refractivity contribution in [1.29, 1.82) is 0 Å². The third kappa shape index (κ3) is 5.47. The number of nitrogens with one attached hydrogen (secondary N) is 2. The van der Waals surface area contributed by atoms with Crippen LogP contribution in [-0.2, 0) is 25.9 Å². The van der Waals surface area contributed by atoms with Crippen molar-refractivity contribution < 1.29 is 8.91 Å². The highest BCUT2D eigenvalue weighted by Gasteiger charge is 2.13. The molecule has 0 bridgehead atoms. The second-order valence-corrected chi connectivity index (χ2v) is 5.14. The van der Waals surface area contributed by atoms with Crippen molar-refractivity contribution in [2.75, 3.05) is 7.05 Å². The molecule has 0 saturated heterocycles. The molecule has 0 spiro atoms. The molecule has 0 aliphatic heterocycles. The molecule has 0 radical (unpaired) electrons. The Balaban J connectivity index is 0.00000288. The second kappa shape index (κ2) is 10.3. The number of halogens is 2. The van der Waals surface area contributed by atoms with Crippen LogP contribution < -0.4 is 10.6 Å². The van der Waals surface area contributed by atoms with Gasteiger partial charge in [-0.05, 0) is 24.1 Å². The number of guanidine groups is 1. The Hall–Kier alpha value is -1.64. The summed E-state index contributed by atoms with van der Waals surface area (Å²) in [4.78, 5) is 4.20. The van der Waals surface area contributed by atoms with Crippen molar-refractivity contribution in [3.8, 4) is 0 Å². The minimum absolute atomic E-state index is 0. The predicted molar refractivity (Wildman–Crippen MR) is 104 cm³/mol. The van der Waals surface area contributed by atoms with E-state index in [1.165, 1.54) is 12.1 Å². The summed E-state index contributed by atoms with van der Waals surface area (Å²) in [6.45, 7) is 5.29. The Kier molecular flexibility index (Phi) is 8.73. The van der Waals surface area contributed by atoms with E-state index in [-0.39, 0.29) is 29.8 Å². The van der Waals surface area contributed by atoms with Gasteiger partial charge in [0.1, 0.15) is 11.6 Å². The lowest BCUT2D eigenvalue weighted by Crippen LogP contribution is -2.36. The molecule has 0 amide bonds. The second-order valence-electron chi connectivity index (χ2n) is 5.14. The number of aliphatic imine (C=N–C) groups is 1. The molecule has 0 aliphatic rings. The lowest BCUT2D eigenvalue weighted by Gasteiger charge is -2.12. The van der Waals surface area contributed by atoms with Gasteiger partial charge < -0.3 is 15.2 Å². The lowest BCUT2D eigenvalue weighted by atomic mass is 10.1. The van der Waals surface area contributed by atoms with Crippen molar-refractivity contribution in [1.82, 2.24) is 15.8 Å². The standard InChI is InChI=1S/C17H23FN4O.HI/c1-4-15-14(16(5-2)23-22-15)11-21-17(19-3)20-10-12-6-8-13(18)9-7-12;/h6-9H,4-5,10-11H2,1-3H3,(H2,19,20,21);1H. The summed E-state index contributed by atoms with van der Waals surface area (Å²) in [6.07, 6.45) is 1.65. The molecule has 2 aromatic rings. The fourth-order valence-electron chi connectivity index (χ4n) is 2.32. The van der Waals surface area contributed by atoms with Crippen LogP contribution in [0.2, 0.25) is 0 Å². The van der Waals surface area contributed by atoms with Crippen LogP contribution >= 0.6 is 24.0 Å². The third-order valence-corrected chi connectivity index (χ3v) is 3.64. The Morgan fingerprint density at radius 3 is 2.38 bits per heavy atom. The summed E-state index contributed by atoms with van der Waals surface area (Å²) in [7, 11) is 1.72. The molecule has 0 fully saturated rings. The lowest BCUT2D eigenvalue weighted by molar-refractivity contribution is 0.380. The molecule has 2 N–H and O–H groups in total. The van der Waals surface area contributed by atoms with E-state index < -0.39 is 0 Å². The Bertz CT molecular complexity index is 634. The molecule has 1 aromatic heterocycles. The number of aromatic nitrogens is 1. The van der Waals surface area contributed by atoms with Crippen LogP contribution in [0.3, 0.4) is 0 Å². The van der Waals surface area contributed by atoms with Crippen LogP contribution in [0.15, 0.2) is 33.8 Å². The highest BCUT2D eigenvalue weighted by atomic mass is 127. The molecule has 132 valence electrons. The molecular formula is C17H24FIN4O. The van der Waals surface area contributed by atoms with Gasteiger partial charge >= 0.3 is 0 Å². The maximum Gasteiger partial charge on any atom is 0.191 e. The van der Waals surface area contributed by atoms with E-state index >= 15 is 0 Å². The van der Waals surface area contributed by atoms with E-state index in [0.717, 1.165) is 35.4 Å². The van der Waals surface area contributed by atoms with E-state index in [1.54, 1.807) is 19.2 Å². The van der Waals surface area contributed by atoms with Gasteiger partial charge in [-0.2, -0.15) is 0 Å². The average molecular weight is 446 g/mol. The topological polar surface area (TPSA) is 62.5 Å². The van der Waals surface area contributed by atoms with E-state index in [2.05, 4.69) is 27.7 Å². The van der Waals surface area contributed by atoms with Gasteiger partial charge in [0.2, 0.25) is 0 Å². The summed E-state index contributed by atoms with van der Waals surface area (Å²) in [5.74, 6) is 1.35. The number of aryl methyl sites for hydroxylation is 2. The molecule has 2 rings (SSSR count). The Morgan fingerprint density at radius 2 is 1.79 bits per heavy atom. The van der Waals surface area contributed by atoms with Gasteiger partial charge in [0, 0.05) is 32.1 Å². The first-order valence-electron chi connectivity index (χ1n) is 7.83. The van der Waals surface area contributed by atoms with Gasteiger partial charge in [-0.1, -0.05) is 31.1 Å². The van der Waals surface area contributed by atoms with Crippen molar-refractivity contribution in [3.05, 3.63) is 52.7 Å². The van der Waals surface area contributed by atoms with Crippen LogP contribution in [0.5, 0.6) is 0 Å². The van der Waals surface area contributed by atoms with Crippen LogP contribution in [0.1, 0.15) is 36.4 Å². The van der Waals surface area contributed by atoms with Gasteiger partial charge in [-0.15, -0.1) is 24.0 Å². The number of benzene rings is 1. The smallest absolute Gasteiger partial charge is 0.191 e. The van der Waals surface area contributed by atoms with Crippen molar-refractivity contribution in [3.63, 3.8) is 0 Å². The summed E-state index contributed by atoms with van der Waals surface area (Å²) in [6, 6.07) is 6.40. The highest BCUT2D eigenvalue weighted by molar-refractivity contribution is 14.0. The van der Waals surface area contributed by atoms with Crippen LogP contribution in [-0.4, -0.2) is 18.2 Å². The zero-order valence-corrected chi connectivity index (χ0v) is 16.6. The van der Waals surface area contributed by atoms with Crippen molar-refractivity contribution in [2.45, 2.75) is 39.8 Å². The maximum absolute atomic E-state index is 12.9. The van der Waals surface area contributed by atoms with Crippen LogP contribution in [0.25, 0.3) is 0 Å². The minimum atomic E-state index is -0.233. The zero-order chi connectivity index (χ0) is 16.7. The summed E-state index contributed by atoms with van der Waals surface area (Å²) in [5.41, 5.74) is 3.06. The number of rotatable bonds is 6. The third-order valence-electron chi connectivity index (χ3n) is 3.64. The van der Waals surface area contributed by atoms with Gasteiger partial charge in [-0.3, -0.25) is 4.99 Å². The molecule has 0 atom stereocenters. The Labute approximate surface area is 159 Å². The molecule has 1 aromatic carbocycles. The predicted octanol–water partition coefficient (Wildman–Crippen LogP) is 3.42. The van der Waals surface area contributed by atoms with Crippen LogP contribution in [0, 0.1) is 5.82 Å². The summed E-state index contributed by atoms with van der Waals surface area (Å²) < 4.78 is 18.3. The molecule has 0 unspecified atom stereocenters. The van der Waals surface area contributed by atoms with Gasteiger partial charge in [0.25, 0.3) is 0 Å². The van der Waals surface area contributed by atoms with E-state index in [1.807, 2.05) is 6.92 Å². The quantitative estimate of drug-likeness (QED) is 0.406. The maximum atomic E-state index is 12.9. The first-order valence-corrected chi connectivity index (χ1v) is 7.83. The molecule has 0 aliphatic carbocycles. The zero-order valence-electron chi connectivity index (χ0n) is 14.2. The molecule has 1 heterocycles. The molecule has 7 heteroatoms. The number of hydrogen-bond donors (Lipinski definition) is 2.